The summed E-state index contributed by atoms with van der Waals surface area (Å²) in [5.41, 5.74) is -0.705. The van der Waals surface area contributed by atoms with Crippen LogP contribution in [0.2, 0.25) is 0 Å². The minimum atomic E-state index is -1.49. The Bertz CT molecular complexity index is 1630. The lowest BCUT2D eigenvalue weighted by molar-refractivity contribution is -0.0427. The first kappa shape index (κ1) is 28.2. The maximum Gasteiger partial charge on any atom is 0.202 e. The minimum absolute atomic E-state index is 0.0614. The number of methoxy groups -OCH3 is 1. The van der Waals surface area contributed by atoms with Gasteiger partial charge in [0.05, 0.1) is 42.7 Å². The molecule has 3 heterocycles. The minimum Gasteiger partial charge on any atom is -0.507 e. The van der Waals surface area contributed by atoms with Crippen LogP contribution in [-0.4, -0.2) is 108 Å². The maximum absolute atomic E-state index is 13.9. The van der Waals surface area contributed by atoms with E-state index in [1.165, 1.54) is 24.5 Å². The number of piperazine rings is 1. The van der Waals surface area contributed by atoms with Crippen molar-refractivity contribution in [1.29, 1.82) is 0 Å². The second-order valence-corrected chi connectivity index (χ2v) is 12.6. The van der Waals surface area contributed by atoms with Crippen molar-refractivity contribution in [2.75, 3.05) is 71.5 Å². The topological polar surface area (TPSA) is 136 Å². The molecule has 11 nitrogen and oxygen atoms in total. The molecule has 3 N–H and O–H groups in total. The van der Waals surface area contributed by atoms with Gasteiger partial charge in [0.2, 0.25) is 5.78 Å². The van der Waals surface area contributed by atoms with Gasteiger partial charge in [-0.15, -0.1) is 11.3 Å². The summed E-state index contributed by atoms with van der Waals surface area (Å²) < 4.78 is 11.0. The predicted molar refractivity (Wildman–Crippen MR) is 159 cm³/mol. The van der Waals surface area contributed by atoms with Gasteiger partial charge in [0.1, 0.15) is 22.8 Å². The number of hydrogen-bond acceptors (Lipinski definition) is 12. The number of aliphatic hydroxyl groups is 1. The summed E-state index contributed by atoms with van der Waals surface area (Å²) in [5.74, 6) is -1.68. The third-order valence-corrected chi connectivity index (χ3v) is 10.2. The zero-order valence-electron chi connectivity index (χ0n) is 24.1. The molecule has 0 saturated carbocycles. The van der Waals surface area contributed by atoms with Crippen LogP contribution in [0.3, 0.4) is 0 Å². The predicted octanol–water partition coefficient (Wildman–Crippen LogP) is 2.30. The van der Waals surface area contributed by atoms with Crippen LogP contribution in [0, 0.1) is 0 Å². The average Bonchev–Trinajstić information content (AvgIpc) is 3.53. The van der Waals surface area contributed by atoms with Gasteiger partial charge in [-0.3, -0.25) is 14.5 Å². The fourth-order valence-corrected chi connectivity index (χ4v) is 7.93. The van der Waals surface area contributed by atoms with Crippen LogP contribution < -0.4 is 9.64 Å². The lowest BCUT2D eigenvalue weighted by Gasteiger charge is -2.44. The molecular formula is C31H34N4O7S. The number of ether oxygens (including phenoxy) is 2. The van der Waals surface area contributed by atoms with Crippen molar-refractivity contribution in [2.45, 2.75) is 24.5 Å². The second kappa shape index (κ2) is 10.6. The first-order valence-electron chi connectivity index (χ1n) is 14.5. The monoisotopic (exact) mass is 606 g/mol. The van der Waals surface area contributed by atoms with Crippen molar-refractivity contribution < 1.29 is 34.4 Å². The largest absolute Gasteiger partial charge is 0.507 e. The third-order valence-electron chi connectivity index (χ3n) is 9.32. The highest BCUT2D eigenvalue weighted by atomic mass is 32.1. The standard InChI is InChI=1S/C31H34N4O7S/c1-33-6-8-35(9-7-33)30-32-21(16-43-30)31(40)14-18-22(19(15-31)34-10-12-42-13-11-34)28(38)25-24(27(18)37)26(36)17-4-3-5-20(41-2)23(17)29(25)39/h3-5,16,19,37-38,40H,6-15H2,1-2H3/t19-,31-/m0/s1. The van der Waals surface area contributed by atoms with E-state index in [0.29, 0.717) is 37.6 Å². The van der Waals surface area contributed by atoms with Crippen LogP contribution in [0.15, 0.2) is 23.6 Å². The number of ketones is 2. The molecule has 2 aliphatic carbocycles. The Morgan fingerprint density at radius 3 is 2.44 bits per heavy atom. The van der Waals surface area contributed by atoms with Gasteiger partial charge in [0.15, 0.2) is 10.9 Å². The van der Waals surface area contributed by atoms with Crippen LogP contribution in [0.25, 0.3) is 0 Å². The Morgan fingerprint density at radius 1 is 1.00 bits per heavy atom. The molecule has 1 aromatic heterocycles. The van der Waals surface area contributed by atoms with Gasteiger partial charge < -0.3 is 34.6 Å². The smallest absolute Gasteiger partial charge is 0.202 e. The van der Waals surface area contributed by atoms with Gasteiger partial charge in [-0.25, -0.2) is 4.98 Å². The van der Waals surface area contributed by atoms with Gasteiger partial charge >= 0.3 is 0 Å². The van der Waals surface area contributed by atoms with E-state index in [4.69, 9.17) is 14.5 Å². The van der Waals surface area contributed by atoms with E-state index in [2.05, 4.69) is 21.7 Å². The highest BCUT2D eigenvalue weighted by Gasteiger charge is 2.49. The second-order valence-electron chi connectivity index (χ2n) is 11.8. The Labute approximate surface area is 252 Å². The van der Waals surface area contributed by atoms with E-state index in [-0.39, 0.29) is 57.9 Å². The zero-order valence-corrected chi connectivity index (χ0v) is 24.9. The fraction of sp³-hybridized carbons (Fsp3) is 0.452. The lowest BCUT2D eigenvalue weighted by Crippen LogP contribution is -2.46. The van der Waals surface area contributed by atoms with E-state index in [1.807, 2.05) is 5.38 Å². The van der Waals surface area contributed by atoms with Crippen LogP contribution in [-0.2, 0) is 16.8 Å². The van der Waals surface area contributed by atoms with Gasteiger partial charge in [-0.1, -0.05) is 12.1 Å². The molecule has 0 spiro atoms. The van der Waals surface area contributed by atoms with Crippen LogP contribution in [0.4, 0.5) is 5.13 Å². The van der Waals surface area contributed by atoms with Crippen LogP contribution in [0.5, 0.6) is 17.2 Å². The van der Waals surface area contributed by atoms with Crippen molar-refractivity contribution in [3.8, 4) is 17.2 Å². The number of benzene rings is 2. The summed E-state index contributed by atoms with van der Waals surface area (Å²) in [6.07, 6.45) is 0.105. The molecular weight excluding hydrogens is 572 g/mol. The van der Waals surface area contributed by atoms with E-state index in [9.17, 15) is 24.9 Å². The highest BCUT2D eigenvalue weighted by molar-refractivity contribution is 7.13. The number of hydrogen-bond donors (Lipinski definition) is 3. The summed E-state index contributed by atoms with van der Waals surface area (Å²) in [6, 6.07) is 4.14. The summed E-state index contributed by atoms with van der Waals surface area (Å²) >= 11 is 1.47. The number of thiazole rings is 1. The summed E-state index contributed by atoms with van der Waals surface area (Å²) in [5, 5.41) is 38.6. The van der Waals surface area contributed by atoms with Crippen molar-refractivity contribution in [3.63, 3.8) is 0 Å². The Morgan fingerprint density at radius 2 is 1.72 bits per heavy atom. The van der Waals surface area contributed by atoms with Gasteiger partial charge in [0, 0.05) is 80.2 Å². The number of aromatic hydroxyl groups is 2. The van der Waals surface area contributed by atoms with Gasteiger partial charge in [-0.05, 0) is 13.1 Å². The normalized spacial score (nSPS) is 24.4. The number of nitrogens with zero attached hydrogens (tertiary/aromatic N) is 4. The average molecular weight is 607 g/mol. The lowest BCUT2D eigenvalue weighted by atomic mass is 9.71. The Balaban J connectivity index is 1.36. The molecule has 2 aromatic carbocycles. The first-order valence-corrected chi connectivity index (χ1v) is 15.4. The molecule has 0 amide bonds. The number of likely N-dealkylation sites (N-methyl/N-ethyl adjacent to an activating group) is 1. The number of morpholine rings is 1. The number of phenolic OH excluding ortho intramolecular Hbond substituents is 2. The molecule has 0 unspecified atom stereocenters. The van der Waals surface area contributed by atoms with Crippen LogP contribution in [0.1, 0.15) is 61.1 Å². The molecule has 2 atom stereocenters. The molecule has 12 heteroatoms. The van der Waals surface area contributed by atoms with Crippen molar-refractivity contribution in [1.82, 2.24) is 14.8 Å². The number of carbonyl (C=O) groups excluding carboxylic acids is 2. The molecule has 43 heavy (non-hydrogen) atoms. The SMILES string of the molecule is COc1cccc2c1C(=O)c1c(O)c3c(c(O)c1C2=O)C[C@@](O)(c1csc(N2CCN(C)CC2)n1)C[C@@H]3N1CCOCC1. The first-order chi connectivity index (χ1) is 20.7. The highest BCUT2D eigenvalue weighted by Crippen LogP contribution is 2.54. The summed E-state index contributed by atoms with van der Waals surface area (Å²) in [7, 11) is 3.50. The van der Waals surface area contributed by atoms with Gasteiger partial charge in [0.25, 0.3) is 0 Å². The number of aromatic nitrogens is 1. The summed E-state index contributed by atoms with van der Waals surface area (Å²) in [6.45, 7) is 5.52. The number of phenols is 2. The van der Waals surface area contributed by atoms with E-state index >= 15 is 0 Å². The van der Waals surface area contributed by atoms with Crippen molar-refractivity contribution >= 4 is 28.0 Å². The zero-order chi connectivity index (χ0) is 30.0. The maximum atomic E-state index is 13.9. The molecule has 2 aliphatic heterocycles. The molecule has 2 saturated heterocycles. The molecule has 226 valence electrons. The number of rotatable bonds is 4. The Kier molecular flexibility index (Phi) is 6.94. The fourth-order valence-electron chi connectivity index (χ4n) is 6.96. The van der Waals surface area contributed by atoms with Gasteiger partial charge in [-0.2, -0.15) is 0 Å². The van der Waals surface area contributed by atoms with Crippen molar-refractivity contribution in [2.24, 2.45) is 0 Å². The van der Waals surface area contributed by atoms with E-state index in [1.54, 1.807) is 12.1 Å². The van der Waals surface area contributed by atoms with E-state index in [0.717, 1.165) is 31.3 Å². The summed E-state index contributed by atoms with van der Waals surface area (Å²) in [4.78, 5) is 39.1. The molecule has 0 radical (unpaired) electrons. The van der Waals surface area contributed by atoms with Crippen molar-refractivity contribution in [3.05, 3.63) is 62.7 Å². The Hall–Kier alpha value is -3.55. The number of anilines is 1. The van der Waals surface area contributed by atoms with Crippen LogP contribution >= 0.6 is 11.3 Å². The molecule has 4 aliphatic rings. The molecule has 0 bridgehead atoms. The third kappa shape index (κ3) is 4.42. The molecule has 2 fully saturated rings. The quantitative estimate of drug-likeness (QED) is 0.295. The molecule has 3 aromatic rings. The molecule has 7 rings (SSSR count). The number of fused-ring (bicyclic) bond motifs is 3. The number of carbonyl (C=O) groups is 2. The van der Waals surface area contributed by atoms with E-state index < -0.39 is 23.2 Å².